The van der Waals surface area contributed by atoms with Gasteiger partial charge in [0.25, 0.3) is 0 Å². The van der Waals surface area contributed by atoms with Crippen molar-refractivity contribution in [3.63, 3.8) is 0 Å². The average molecular weight is 272 g/mol. The van der Waals surface area contributed by atoms with E-state index in [1.54, 1.807) is 34.6 Å². The van der Waals surface area contributed by atoms with Crippen LogP contribution in [0.3, 0.4) is 0 Å². The molecule has 1 rings (SSSR count). The number of hydrogen-bond donors (Lipinski definition) is 3. The fourth-order valence-electron chi connectivity index (χ4n) is 1.68. The minimum atomic E-state index is -1.52. The van der Waals surface area contributed by atoms with Crippen LogP contribution in [0.4, 0.5) is 0 Å². The van der Waals surface area contributed by atoms with Gasteiger partial charge in [0.1, 0.15) is 5.75 Å². The molecule has 4 nitrogen and oxygen atoms in total. The van der Waals surface area contributed by atoms with Gasteiger partial charge in [-0.2, -0.15) is 0 Å². The molecule has 3 N–H and O–H groups in total. The highest BCUT2D eigenvalue weighted by molar-refractivity contribution is 7.86. The molecule has 1 atom stereocenters. The molecule has 0 bridgehead atoms. The number of phenolic OH excluding ortho intramolecular Hbond substituents is 3. The molecule has 0 spiro atoms. The van der Waals surface area contributed by atoms with Crippen LogP contribution in [0.1, 0.15) is 46.1 Å². The van der Waals surface area contributed by atoms with Crippen molar-refractivity contribution < 1.29 is 19.5 Å². The first-order valence-electron chi connectivity index (χ1n) is 5.77. The molecule has 0 saturated carbocycles. The fraction of sp³-hybridized carbons (Fsp3) is 0.538. The summed E-state index contributed by atoms with van der Waals surface area (Å²) in [6.45, 7) is 8.84. The number of hydrogen-bond acceptors (Lipinski definition) is 4. The van der Waals surface area contributed by atoms with E-state index in [1.807, 2.05) is 0 Å². The number of aromatic hydroxyl groups is 3. The third-order valence-electron chi connectivity index (χ3n) is 2.59. The van der Waals surface area contributed by atoms with Crippen LogP contribution in [0.5, 0.6) is 17.2 Å². The maximum atomic E-state index is 12.2. The lowest BCUT2D eigenvalue weighted by molar-refractivity contribution is 0.376. The minimum Gasteiger partial charge on any atom is -0.507 e. The van der Waals surface area contributed by atoms with E-state index in [1.165, 1.54) is 6.07 Å². The van der Waals surface area contributed by atoms with Crippen molar-refractivity contribution in [1.29, 1.82) is 0 Å². The summed E-state index contributed by atoms with van der Waals surface area (Å²) < 4.78 is 11.6. The Bertz CT molecular complexity index is 487. The van der Waals surface area contributed by atoms with Gasteiger partial charge in [-0.3, -0.25) is 4.21 Å². The highest BCUT2D eigenvalue weighted by Gasteiger charge is 2.28. The molecule has 1 aromatic rings. The van der Waals surface area contributed by atoms with Crippen LogP contribution in [-0.4, -0.2) is 24.3 Å². The summed E-state index contributed by atoms with van der Waals surface area (Å²) in [6.07, 6.45) is 0. The molecule has 0 aliphatic carbocycles. The lowest BCUT2D eigenvalue weighted by Crippen LogP contribution is -2.21. The largest absolute Gasteiger partial charge is 0.507 e. The van der Waals surface area contributed by atoms with Gasteiger partial charge in [0.05, 0.1) is 15.7 Å². The molecule has 0 heterocycles. The smallest absolute Gasteiger partial charge is 0.174 e. The van der Waals surface area contributed by atoms with Gasteiger partial charge in [-0.15, -0.1) is 0 Å². The van der Waals surface area contributed by atoms with Crippen molar-refractivity contribution in [2.75, 3.05) is 0 Å². The Morgan fingerprint density at radius 2 is 1.61 bits per heavy atom. The number of benzene rings is 1. The standard InChI is InChI=1S/C13H20O4S/c1-7(2)10-8(14)6-9(11(15)12(10)16)18(17)13(3,4)5/h6-7,14-16H,1-5H3/t18-/m1/s1. The van der Waals surface area contributed by atoms with E-state index < -0.39 is 27.0 Å². The summed E-state index contributed by atoms with van der Waals surface area (Å²) >= 11 is 0. The van der Waals surface area contributed by atoms with Gasteiger partial charge in [0.2, 0.25) is 0 Å². The van der Waals surface area contributed by atoms with E-state index in [4.69, 9.17) is 0 Å². The van der Waals surface area contributed by atoms with Gasteiger partial charge >= 0.3 is 0 Å². The molecule has 0 fully saturated rings. The van der Waals surface area contributed by atoms with E-state index in [0.29, 0.717) is 0 Å². The van der Waals surface area contributed by atoms with E-state index in [0.717, 1.165) is 0 Å². The zero-order chi connectivity index (χ0) is 14.2. The zero-order valence-electron chi connectivity index (χ0n) is 11.3. The molecular weight excluding hydrogens is 252 g/mol. The van der Waals surface area contributed by atoms with Crippen molar-refractivity contribution in [2.45, 2.75) is 50.2 Å². The topological polar surface area (TPSA) is 77.8 Å². The summed E-state index contributed by atoms with van der Waals surface area (Å²) in [6, 6.07) is 1.27. The third kappa shape index (κ3) is 2.61. The number of phenols is 3. The van der Waals surface area contributed by atoms with E-state index in [2.05, 4.69) is 0 Å². The number of rotatable bonds is 2. The SMILES string of the molecule is CC(C)c1c(O)cc([S@@](=O)C(C)(C)C)c(O)c1O. The summed E-state index contributed by atoms with van der Waals surface area (Å²) in [5.41, 5.74) is 0.266. The summed E-state index contributed by atoms with van der Waals surface area (Å²) in [7, 11) is -1.52. The van der Waals surface area contributed by atoms with E-state index in [-0.39, 0.29) is 22.1 Å². The molecule has 5 heteroatoms. The van der Waals surface area contributed by atoms with Crippen LogP contribution < -0.4 is 0 Å². The summed E-state index contributed by atoms with van der Waals surface area (Å²) in [5.74, 6) is -1.09. The van der Waals surface area contributed by atoms with Crippen molar-refractivity contribution >= 4 is 10.8 Å². The predicted molar refractivity (Wildman–Crippen MR) is 71.7 cm³/mol. The monoisotopic (exact) mass is 272 g/mol. The van der Waals surface area contributed by atoms with Crippen LogP contribution in [0, 0.1) is 0 Å². The van der Waals surface area contributed by atoms with Crippen LogP contribution in [0.25, 0.3) is 0 Å². The normalized spacial score (nSPS) is 13.9. The Labute approximate surface area is 110 Å². The first kappa shape index (κ1) is 14.8. The highest BCUT2D eigenvalue weighted by Crippen LogP contribution is 2.45. The average Bonchev–Trinajstić information content (AvgIpc) is 2.20. The van der Waals surface area contributed by atoms with E-state index >= 15 is 0 Å². The maximum Gasteiger partial charge on any atom is 0.174 e. The van der Waals surface area contributed by atoms with Crippen LogP contribution in [-0.2, 0) is 10.8 Å². The fourth-order valence-corrected chi connectivity index (χ4v) is 2.83. The molecular formula is C13H20O4S. The third-order valence-corrected chi connectivity index (χ3v) is 4.41. The molecule has 0 unspecified atom stereocenters. The van der Waals surface area contributed by atoms with Gasteiger partial charge in [-0.1, -0.05) is 13.8 Å². The van der Waals surface area contributed by atoms with Crippen molar-refractivity contribution in [1.82, 2.24) is 0 Å². The van der Waals surface area contributed by atoms with Crippen LogP contribution in [0.15, 0.2) is 11.0 Å². The van der Waals surface area contributed by atoms with Gasteiger partial charge in [0.15, 0.2) is 11.5 Å². The van der Waals surface area contributed by atoms with Gasteiger partial charge in [-0.25, -0.2) is 0 Å². The van der Waals surface area contributed by atoms with Crippen molar-refractivity contribution in [2.24, 2.45) is 0 Å². The molecule has 0 aromatic heterocycles. The minimum absolute atomic E-state index is 0.0573. The summed E-state index contributed by atoms with van der Waals surface area (Å²) in [4.78, 5) is 0.0573. The molecule has 0 aliphatic heterocycles. The summed E-state index contributed by atoms with van der Waals surface area (Å²) in [5, 5.41) is 29.7. The zero-order valence-corrected chi connectivity index (χ0v) is 12.1. The predicted octanol–water partition coefficient (Wildman–Crippen LogP) is 2.83. The van der Waals surface area contributed by atoms with Crippen LogP contribution in [0.2, 0.25) is 0 Å². The molecule has 102 valence electrons. The van der Waals surface area contributed by atoms with Crippen molar-refractivity contribution in [3.8, 4) is 17.2 Å². The lowest BCUT2D eigenvalue weighted by Gasteiger charge is -2.21. The maximum absolute atomic E-state index is 12.2. The Balaban J connectivity index is 3.48. The lowest BCUT2D eigenvalue weighted by atomic mass is 10.0. The first-order chi connectivity index (χ1) is 8.07. The Hall–Kier alpha value is -1.23. The quantitative estimate of drug-likeness (QED) is 0.571. The Kier molecular flexibility index (Phi) is 3.96. The Morgan fingerprint density at radius 3 is 2.00 bits per heavy atom. The van der Waals surface area contributed by atoms with Gasteiger partial charge in [-0.05, 0) is 26.7 Å². The van der Waals surface area contributed by atoms with Gasteiger partial charge < -0.3 is 15.3 Å². The highest BCUT2D eigenvalue weighted by atomic mass is 32.2. The van der Waals surface area contributed by atoms with Crippen molar-refractivity contribution in [3.05, 3.63) is 11.6 Å². The molecule has 18 heavy (non-hydrogen) atoms. The molecule has 0 amide bonds. The molecule has 0 radical (unpaired) electrons. The second-order valence-corrected chi connectivity index (χ2v) is 7.74. The second-order valence-electron chi connectivity index (χ2n) is 5.54. The first-order valence-corrected chi connectivity index (χ1v) is 6.92. The molecule has 0 aliphatic rings. The van der Waals surface area contributed by atoms with Gasteiger partial charge in [0, 0.05) is 16.4 Å². The van der Waals surface area contributed by atoms with E-state index in [9.17, 15) is 19.5 Å². The van der Waals surface area contributed by atoms with Crippen LogP contribution >= 0.6 is 0 Å². The Morgan fingerprint density at radius 1 is 1.11 bits per heavy atom. The molecule has 1 aromatic carbocycles. The second kappa shape index (κ2) is 4.80. The molecule has 0 saturated heterocycles.